The maximum absolute atomic E-state index is 10.7. The highest BCUT2D eigenvalue weighted by Gasteiger charge is 2.24. The second-order valence-electron chi connectivity index (χ2n) is 9.37. The van der Waals surface area contributed by atoms with E-state index in [2.05, 4.69) is 25.7 Å². The van der Waals surface area contributed by atoms with Crippen LogP contribution in [-0.2, 0) is 17.7 Å². The lowest BCUT2D eigenvalue weighted by Gasteiger charge is -2.27. The molecular weight excluding hydrogens is 426 g/mol. The van der Waals surface area contributed by atoms with Crippen LogP contribution in [0.1, 0.15) is 45.9 Å². The highest BCUT2D eigenvalue weighted by atomic mass is 16.5. The van der Waals surface area contributed by atoms with Crippen LogP contribution in [0.15, 0.2) is 60.7 Å². The molecule has 0 spiro atoms. The van der Waals surface area contributed by atoms with Crippen molar-refractivity contribution in [2.24, 2.45) is 5.92 Å². The average Bonchev–Trinajstić information content (AvgIpc) is 3.15. The first-order chi connectivity index (χ1) is 16.4. The number of benzene rings is 2. The van der Waals surface area contributed by atoms with E-state index >= 15 is 0 Å². The van der Waals surface area contributed by atoms with Crippen molar-refractivity contribution in [2.45, 2.75) is 59.8 Å². The minimum absolute atomic E-state index is 0.0925. The fourth-order valence-electron chi connectivity index (χ4n) is 3.97. The molecule has 1 N–H and O–H groups in total. The van der Waals surface area contributed by atoms with Crippen molar-refractivity contribution in [3.05, 3.63) is 71.9 Å². The molecule has 2 aromatic carbocycles. The van der Waals surface area contributed by atoms with Gasteiger partial charge in [-0.25, -0.2) is 4.68 Å². The molecule has 0 saturated carbocycles. The second-order valence-corrected chi connectivity index (χ2v) is 9.37. The van der Waals surface area contributed by atoms with Gasteiger partial charge < -0.3 is 14.6 Å². The Bertz CT molecular complexity index is 987. The Labute approximate surface area is 204 Å². The number of aliphatic hydroxyl groups excluding tert-OH is 1. The molecule has 0 saturated heterocycles. The van der Waals surface area contributed by atoms with E-state index in [4.69, 9.17) is 14.6 Å². The molecule has 0 aliphatic heterocycles. The number of rotatable bonds is 13. The molecule has 1 aromatic heterocycles. The SMILES string of the molecule is CCc1nn(-c2ccccc2)c(Oc2ccccc2)c1CN(CC(C)C)CC(O)COC(C)C. The molecule has 1 unspecified atom stereocenters. The molecule has 1 atom stereocenters. The van der Waals surface area contributed by atoms with Crippen LogP contribution < -0.4 is 4.74 Å². The molecule has 184 valence electrons. The third kappa shape index (κ3) is 7.42. The molecule has 0 bridgehead atoms. The van der Waals surface area contributed by atoms with Gasteiger partial charge in [-0.3, -0.25) is 4.90 Å². The van der Waals surface area contributed by atoms with Gasteiger partial charge in [-0.1, -0.05) is 57.2 Å². The predicted molar refractivity (Wildman–Crippen MR) is 137 cm³/mol. The van der Waals surface area contributed by atoms with E-state index in [1.807, 2.05) is 79.2 Å². The molecule has 0 aliphatic rings. The third-order valence-electron chi connectivity index (χ3n) is 5.41. The molecule has 1 heterocycles. The van der Waals surface area contributed by atoms with E-state index in [1.165, 1.54) is 0 Å². The van der Waals surface area contributed by atoms with Gasteiger partial charge in [0.1, 0.15) is 5.75 Å². The molecule has 3 aromatic rings. The highest BCUT2D eigenvalue weighted by molar-refractivity contribution is 5.43. The van der Waals surface area contributed by atoms with Crippen LogP contribution in [0, 0.1) is 5.92 Å². The summed E-state index contributed by atoms with van der Waals surface area (Å²) in [5, 5.41) is 15.6. The van der Waals surface area contributed by atoms with Gasteiger partial charge in [-0.15, -0.1) is 0 Å². The molecule has 6 heteroatoms. The fourth-order valence-corrected chi connectivity index (χ4v) is 3.97. The van der Waals surface area contributed by atoms with Gasteiger partial charge in [0.15, 0.2) is 0 Å². The Morgan fingerprint density at radius 1 is 0.941 bits per heavy atom. The summed E-state index contributed by atoms with van der Waals surface area (Å²) in [4.78, 5) is 2.28. The van der Waals surface area contributed by atoms with E-state index in [0.717, 1.165) is 41.5 Å². The van der Waals surface area contributed by atoms with Crippen LogP contribution in [0.5, 0.6) is 11.6 Å². The summed E-state index contributed by atoms with van der Waals surface area (Å²) in [5.41, 5.74) is 3.00. The topological polar surface area (TPSA) is 59.8 Å². The number of ether oxygens (including phenoxy) is 2. The van der Waals surface area contributed by atoms with Crippen molar-refractivity contribution in [1.82, 2.24) is 14.7 Å². The van der Waals surface area contributed by atoms with Gasteiger partial charge in [0.25, 0.3) is 0 Å². The van der Waals surface area contributed by atoms with Crippen LogP contribution >= 0.6 is 0 Å². The summed E-state index contributed by atoms with van der Waals surface area (Å²) in [6, 6.07) is 19.9. The number of aryl methyl sites for hydroxylation is 1. The molecule has 0 aliphatic carbocycles. The lowest BCUT2D eigenvalue weighted by atomic mass is 10.1. The van der Waals surface area contributed by atoms with Crippen molar-refractivity contribution < 1.29 is 14.6 Å². The van der Waals surface area contributed by atoms with Crippen molar-refractivity contribution in [1.29, 1.82) is 0 Å². The van der Waals surface area contributed by atoms with Crippen molar-refractivity contribution in [2.75, 3.05) is 19.7 Å². The summed E-state index contributed by atoms with van der Waals surface area (Å²) >= 11 is 0. The molecular formula is C28H39N3O3. The largest absolute Gasteiger partial charge is 0.439 e. The third-order valence-corrected chi connectivity index (χ3v) is 5.41. The van der Waals surface area contributed by atoms with Crippen LogP contribution in [0.4, 0.5) is 0 Å². The maximum atomic E-state index is 10.7. The Morgan fingerprint density at radius 2 is 1.59 bits per heavy atom. The molecule has 6 nitrogen and oxygen atoms in total. The van der Waals surface area contributed by atoms with Crippen molar-refractivity contribution >= 4 is 0 Å². The van der Waals surface area contributed by atoms with Gasteiger partial charge in [0.05, 0.1) is 35.8 Å². The molecule has 34 heavy (non-hydrogen) atoms. The summed E-state index contributed by atoms with van der Waals surface area (Å²) < 4.78 is 14.0. The summed E-state index contributed by atoms with van der Waals surface area (Å²) in [5.74, 6) is 1.94. The van der Waals surface area contributed by atoms with Crippen LogP contribution in [0.2, 0.25) is 0 Å². The number of para-hydroxylation sites is 2. The fraction of sp³-hybridized carbons (Fsp3) is 0.464. The van der Waals surface area contributed by atoms with Gasteiger partial charge >= 0.3 is 0 Å². The first-order valence-electron chi connectivity index (χ1n) is 12.3. The zero-order valence-corrected chi connectivity index (χ0v) is 21.1. The Balaban J connectivity index is 1.97. The number of nitrogens with zero attached hydrogens (tertiary/aromatic N) is 3. The van der Waals surface area contributed by atoms with Crippen LogP contribution in [0.3, 0.4) is 0 Å². The number of hydrogen-bond donors (Lipinski definition) is 1. The van der Waals surface area contributed by atoms with Crippen LogP contribution in [0.25, 0.3) is 5.69 Å². The Hall–Kier alpha value is -2.67. The van der Waals surface area contributed by atoms with Gasteiger partial charge in [-0.05, 0) is 50.5 Å². The van der Waals surface area contributed by atoms with E-state index < -0.39 is 6.10 Å². The van der Waals surface area contributed by atoms with E-state index in [1.54, 1.807) is 0 Å². The Kier molecular flexibility index (Phi) is 9.69. The monoisotopic (exact) mass is 465 g/mol. The highest BCUT2D eigenvalue weighted by Crippen LogP contribution is 2.32. The van der Waals surface area contributed by atoms with E-state index in [0.29, 0.717) is 25.6 Å². The number of aliphatic hydroxyl groups is 1. The maximum Gasteiger partial charge on any atom is 0.227 e. The first kappa shape index (κ1) is 25.9. The van der Waals surface area contributed by atoms with E-state index in [9.17, 15) is 5.11 Å². The minimum Gasteiger partial charge on any atom is -0.439 e. The standard InChI is InChI=1S/C28H39N3O3/c1-6-27-26(19-30(17-21(2)3)18-24(32)20-33-22(4)5)28(34-25-15-11-8-12-16-25)31(29-27)23-13-9-7-10-14-23/h7-16,21-22,24,32H,6,17-20H2,1-5H3. The molecule has 3 rings (SSSR count). The number of hydrogen-bond acceptors (Lipinski definition) is 5. The zero-order chi connectivity index (χ0) is 24.5. The summed E-state index contributed by atoms with van der Waals surface area (Å²) in [7, 11) is 0. The Morgan fingerprint density at radius 3 is 2.18 bits per heavy atom. The number of aromatic nitrogens is 2. The predicted octanol–water partition coefficient (Wildman–Crippen LogP) is 5.47. The molecule has 0 fully saturated rings. The zero-order valence-electron chi connectivity index (χ0n) is 21.1. The lowest BCUT2D eigenvalue weighted by molar-refractivity contribution is -0.0109. The summed E-state index contributed by atoms with van der Waals surface area (Å²) in [6.07, 6.45) is 0.318. The quantitative estimate of drug-likeness (QED) is 0.363. The minimum atomic E-state index is -0.561. The lowest BCUT2D eigenvalue weighted by Crippen LogP contribution is -2.37. The van der Waals surface area contributed by atoms with Gasteiger partial charge in [0, 0.05) is 19.6 Å². The van der Waals surface area contributed by atoms with E-state index in [-0.39, 0.29) is 6.10 Å². The second kappa shape index (κ2) is 12.7. The smallest absolute Gasteiger partial charge is 0.227 e. The van der Waals surface area contributed by atoms with Crippen LogP contribution in [-0.4, -0.2) is 51.7 Å². The summed E-state index contributed by atoms with van der Waals surface area (Å²) in [6.45, 7) is 12.8. The van der Waals surface area contributed by atoms with Gasteiger partial charge in [-0.2, -0.15) is 5.10 Å². The molecule has 0 radical (unpaired) electrons. The van der Waals surface area contributed by atoms with Crippen molar-refractivity contribution in [3.63, 3.8) is 0 Å². The molecule has 0 amide bonds. The first-order valence-corrected chi connectivity index (χ1v) is 12.3. The normalized spacial score (nSPS) is 12.6. The van der Waals surface area contributed by atoms with Crippen molar-refractivity contribution in [3.8, 4) is 17.3 Å². The van der Waals surface area contributed by atoms with Gasteiger partial charge in [0.2, 0.25) is 5.88 Å². The average molecular weight is 466 g/mol.